The van der Waals surface area contributed by atoms with Crippen LogP contribution in [0.5, 0.6) is 0 Å². The first-order chi connectivity index (χ1) is 12.1. The number of aromatic nitrogens is 4. The van der Waals surface area contributed by atoms with Gasteiger partial charge in [0.15, 0.2) is 11.5 Å². The Kier molecular flexibility index (Phi) is 3.53. The molecule has 1 aromatic carbocycles. The van der Waals surface area contributed by atoms with Gasteiger partial charge in [-0.1, -0.05) is 12.1 Å². The molecule has 4 rings (SSSR count). The van der Waals surface area contributed by atoms with Crippen LogP contribution < -0.4 is 5.32 Å². The Bertz CT molecular complexity index is 956. The van der Waals surface area contributed by atoms with E-state index in [4.69, 9.17) is 0 Å². The highest BCUT2D eigenvalue weighted by atomic mass is 16.6. The van der Waals surface area contributed by atoms with E-state index >= 15 is 0 Å². The molecule has 3 aromatic rings. The van der Waals surface area contributed by atoms with E-state index in [1.165, 1.54) is 12.1 Å². The summed E-state index contributed by atoms with van der Waals surface area (Å²) in [5, 5.41) is 27.2. The molecular formula is C16H14N6O3. The Balaban J connectivity index is 1.49. The van der Waals surface area contributed by atoms with Crippen LogP contribution in [0.25, 0.3) is 11.3 Å². The highest BCUT2D eigenvalue weighted by Gasteiger charge is 2.26. The highest BCUT2D eigenvalue weighted by Crippen LogP contribution is 2.39. The van der Waals surface area contributed by atoms with Crippen LogP contribution in [-0.2, 0) is 0 Å². The van der Waals surface area contributed by atoms with Crippen molar-refractivity contribution in [2.45, 2.75) is 18.8 Å². The standard InChI is InChI=1S/C16H14N6O3/c23-16(14-7-12(18-20-14)9-4-5-9)17-15-8-13(19-21-15)10-2-1-3-11(6-10)22(24)25/h1-3,6-9H,4-5H2,(H,18,20)(H2,17,19,21,23). The smallest absolute Gasteiger partial charge is 0.277 e. The molecule has 0 saturated heterocycles. The van der Waals surface area contributed by atoms with Gasteiger partial charge < -0.3 is 5.32 Å². The number of carbonyl (C=O) groups excluding carboxylic acids is 1. The lowest BCUT2D eigenvalue weighted by Gasteiger charge is -1.97. The van der Waals surface area contributed by atoms with E-state index in [1.54, 1.807) is 24.3 Å². The quantitative estimate of drug-likeness (QED) is 0.486. The number of amides is 1. The molecule has 0 radical (unpaired) electrons. The summed E-state index contributed by atoms with van der Waals surface area (Å²) in [6.45, 7) is 0. The monoisotopic (exact) mass is 338 g/mol. The maximum absolute atomic E-state index is 12.2. The number of rotatable bonds is 5. The van der Waals surface area contributed by atoms with E-state index < -0.39 is 4.92 Å². The lowest BCUT2D eigenvalue weighted by atomic mass is 10.1. The van der Waals surface area contributed by atoms with Crippen molar-refractivity contribution in [3.05, 3.63) is 57.9 Å². The molecule has 0 atom stereocenters. The molecule has 126 valence electrons. The number of hydrogen-bond donors (Lipinski definition) is 3. The van der Waals surface area contributed by atoms with Gasteiger partial charge in [-0.05, 0) is 18.9 Å². The molecule has 25 heavy (non-hydrogen) atoms. The van der Waals surface area contributed by atoms with Gasteiger partial charge in [-0.3, -0.25) is 25.1 Å². The molecule has 1 aliphatic rings. The predicted molar refractivity (Wildman–Crippen MR) is 89.2 cm³/mol. The van der Waals surface area contributed by atoms with Gasteiger partial charge >= 0.3 is 0 Å². The SMILES string of the molecule is O=C(Nc1cc(-c2cccc([N+](=O)[O-])c2)[nH]n1)c1cc(C2CC2)[nH]n1. The fourth-order valence-corrected chi connectivity index (χ4v) is 2.56. The predicted octanol–water partition coefficient (Wildman–Crippen LogP) is 2.84. The number of nitrogens with zero attached hydrogens (tertiary/aromatic N) is 3. The van der Waals surface area contributed by atoms with Gasteiger partial charge in [-0.2, -0.15) is 10.2 Å². The van der Waals surface area contributed by atoms with Crippen LogP contribution in [0.2, 0.25) is 0 Å². The molecule has 0 spiro atoms. The molecule has 2 aromatic heterocycles. The third kappa shape index (κ3) is 3.11. The second kappa shape index (κ2) is 5.86. The molecule has 2 heterocycles. The highest BCUT2D eigenvalue weighted by molar-refractivity contribution is 6.02. The van der Waals surface area contributed by atoms with Crippen LogP contribution in [0, 0.1) is 10.1 Å². The second-order valence-electron chi connectivity index (χ2n) is 5.91. The summed E-state index contributed by atoms with van der Waals surface area (Å²) < 4.78 is 0. The summed E-state index contributed by atoms with van der Waals surface area (Å²) in [5.74, 6) is 0.447. The molecular weight excluding hydrogens is 324 g/mol. The minimum absolute atomic E-state index is 0.0122. The van der Waals surface area contributed by atoms with Crippen molar-refractivity contribution < 1.29 is 9.72 Å². The fraction of sp³-hybridized carbons (Fsp3) is 0.188. The van der Waals surface area contributed by atoms with E-state index in [-0.39, 0.29) is 11.6 Å². The maximum Gasteiger partial charge on any atom is 0.277 e. The van der Waals surface area contributed by atoms with Crippen LogP contribution in [0.1, 0.15) is 34.9 Å². The summed E-state index contributed by atoms with van der Waals surface area (Å²) >= 11 is 0. The molecule has 9 nitrogen and oxygen atoms in total. The molecule has 0 bridgehead atoms. The first-order valence-corrected chi connectivity index (χ1v) is 7.77. The van der Waals surface area contributed by atoms with E-state index in [1.807, 2.05) is 0 Å². The first kappa shape index (κ1) is 15.1. The molecule has 0 aliphatic heterocycles. The Morgan fingerprint density at radius 1 is 1.20 bits per heavy atom. The van der Waals surface area contributed by atoms with Gasteiger partial charge in [0.1, 0.15) is 0 Å². The van der Waals surface area contributed by atoms with E-state index in [2.05, 4.69) is 25.7 Å². The summed E-state index contributed by atoms with van der Waals surface area (Å²) in [7, 11) is 0. The van der Waals surface area contributed by atoms with Crippen LogP contribution in [-0.4, -0.2) is 31.2 Å². The zero-order valence-corrected chi connectivity index (χ0v) is 13.0. The number of H-pyrrole nitrogens is 2. The van der Waals surface area contributed by atoms with Gasteiger partial charge in [0, 0.05) is 35.4 Å². The molecule has 1 aliphatic carbocycles. The third-order valence-electron chi connectivity index (χ3n) is 4.03. The number of non-ortho nitro benzene ring substituents is 1. The number of nitrogens with one attached hydrogen (secondary N) is 3. The molecule has 9 heteroatoms. The average molecular weight is 338 g/mol. The Morgan fingerprint density at radius 2 is 2.04 bits per heavy atom. The summed E-state index contributed by atoms with van der Waals surface area (Å²) in [6.07, 6.45) is 2.24. The van der Waals surface area contributed by atoms with Crippen LogP contribution >= 0.6 is 0 Å². The normalized spacial score (nSPS) is 13.6. The van der Waals surface area contributed by atoms with Crippen LogP contribution in [0.15, 0.2) is 36.4 Å². The minimum atomic E-state index is -0.461. The number of anilines is 1. The number of nitro benzene ring substituents is 1. The minimum Gasteiger partial charge on any atom is -0.304 e. The maximum atomic E-state index is 12.2. The number of hydrogen-bond acceptors (Lipinski definition) is 5. The molecule has 0 unspecified atom stereocenters. The summed E-state index contributed by atoms with van der Waals surface area (Å²) in [4.78, 5) is 22.6. The molecule has 1 amide bonds. The molecule has 1 fully saturated rings. The van der Waals surface area contributed by atoms with Crippen LogP contribution in [0.3, 0.4) is 0 Å². The van der Waals surface area contributed by atoms with E-state index in [0.717, 1.165) is 18.5 Å². The third-order valence-corrected chi connectivity index (χ3v) is 4.03. The van der Waals surface area contributed by atoms with Crippen molar-refractivity contribution in [1.82, 2.24) is 20.4 Å². The van der Waals surface area contributed by atoms with Crippen molar-refractivity contribution in [3.8, 4) is 11.3 Å². The molecule has 1 saturated carbocycles. The van der Waals surface area contributed by atoms with E-state index in [9.17, 15) is 14.9 Å². The van der Waals surface area contributed by atoms with Gasteiger partial charge in [0.25, 0.3) is 11.6 Å². The van der Waals surface area contributed by atoms with Crippen molar-refractivity contribution >= 4 is 17.4 Å². The number of benzene rings is 1. The lowest BCUT2D eigenvalue weighted by molar-refractivity contribution is -0.384. The van der Waals surface area contributed by atoms with Gasteiger partial charge in [0.05, 0.1) is 10.6 Å². The average Bonchev–Trinajstić information content (AvgIpc) is 3.16. The zero-order valence-electron chi connectivity index (χ0n) is 13.0. The second-order valence-corrected chi connectivity index (χ2v) is 5.91. The number of nitro groups is 1. The lowest BCUT2D eigenvalue weighted by Crippen LogP contribution is -2.12. The Morgan fingerprint density at radius 3 is 2.80 bits per heavy atom. The fourth-order valence-electron chi connectivity index (χ4n) is 2.56. The zero-order chi connectivity index (χ0) is 17.4. The molecule has 3 N–H and O–H groups in total. The Labute approximate surface area is 141 Å². The van der Waals surface area contributed by atoms with Gasteiger partial charge in [-0.25, -0.2) is 0 Å². The van der Waals surface area contributed by atoms with Crippen molar-refractivity contribution in [3.63, 3.8) is 0 Å². The largest absolute Gasteiger partial charge is 0.304 e. The topological polar surface area (TPSA) is 130 Å². The summed E-state index contributed by atoms with van der Waals surface area (Å²) in [5.41, 5.74) is 2.45. The van der Waals surface area contributed by atoms with Gasteiger partial charge in [0.2, 0.25) is 0 Å². The van der Waals surface area contributed by atoms with E-state index in [0.29, 0.717) is 28.7 Å². The van der Waals surface area contributed by atoms with Crippen molar-refractivity contribution in [1.29, 1.82) is 0 Å². The van der Waals surface area contributed by atoms with Crippen molar-refractivity contribution in [2.24, 2.45) is 0 Å². The van der Waals surface area contributed by atoms with Gasteiger partial charge in [-0.15, -0.1) is 0 Å². The van der Waals surface area contributed by atoms with Crippen molar-refractivity contribution in [2.75, 3.05) is 5.32 Å². The number of carbonyl (C=O) groups is 1. The summed E-state index contributed by atoms with van der Waals surface area (Å²) in [6, 6.07) is 9.54. The van der Waals surface area contributed by atoms with Crippen LogP contribution in [0.4, 0.5) is 11.5 Å². The Hall–Kier alpha value is -3.49. The first-order valence-electron chi connectivity index (χ1n) is 7.77. The number of aromatic amines is 2.